The lowest BCUT2D eigenvalue weighted by Gasteiger charge is -2.37. The van der Waals surface area contributed by atoms with Gasteiger partial charge in [-0.1, -0.05) is 54.6 Å². The molecule has 11 heteroatoms. The number of carbonyl (C=O) groups is 1. The van der Waals surface area contributed by atoms with Crippen molar-refractivity contribution in [3.63, 3.8) is 0 Å². The first kappa shape index (κ1) is 29.9. The number of rotatable bonds is 10. The molecule has 0 spiro atoms. The first-order valence-corrected chi connectivity index (χ1v) is 13.6. The molecule has 0 radical (unpaired) electrons. The van der Waals surface area contributed by atoms with Crippen molar-refractivity contribution in [1.82, 2.24) is 9.55 Å². The predicted octanol–water partition coefficient (Wildman–Crippen LogP) is 3.82. The van der Waals surface area contributed by atoms with Crippen molar-refractivity contribution in [2.75, 3.05) is 26.1 Å². The first-order valence-electron chi connectivity index (χ1n) is 13.6. The van der Waals surface area contributed by atoms with Crippen LogP contribution in [-0.2, 0) is 19.9 Å². The fourth-order valence-electron chi connectivity index (χ4n) is 5.20. The van der Waals surface area contributed by atoms with Crippen molar-refractivity contribution < 1.29 is 33.2 Å². The van der Waals surface area contributed by atoms with Gasteiger partial charge in [-0.15, -0.1) is 0 Å². The third-order valence-corrected chi connectivity index (χ3v) is 7.34. The van der Waals surface area contributed by atoms with Crippen LogP contribution in [0.15, 0.2) is 95.9 Å². The van der Waals surface area contributed by atoms with Crippen LogP contribution in [0.25, 0.3) is 0 Å². The zero-order valence-electron chi connectivity index (χ0n) is 23.8. The Morgan fingerprint density at radius 1 is 0.953 bits per heavy atom. The molecule has 4 aromatic rings. The van der Waals surface area contributed by atoms with E-state index in [2.05, 4.69) is 10.3 Å². The molecular formula is C32H32FN3O7. The summed E-state index contributed by atoms with van der Waals surface area (Å²) in [6.07, 6.45) is -4.89. The lowest BCUT2D eigenvalue weighted by molar-refractivity contribution is -0.114. The summed E-state index contributed by atoms with van der Waals surface area (Å²) in [4.78, 5) is 27.8. The van der Waals surface area contributed by atoms with Gasteiger partial charge in [-0.25, -0.2) is 9.18 Å². The van der Waals surface area contributed by atoms with Crippen LogP contribution in [0.2, 0.25) is 0 Å². The molecule has 0 aliphatic carbocycles. The molecule has 43 heavy (non-hydrogen) atoms. The van der Waals surface area contributed by atoms with Crippen LogP contribution < -0.4 is 20.5 Å². The Morgan fingerprint density at radius 2 is 1.51 bits per heavy atom. The van der Waals surface area contributed by atoms with E-state index < -0.39 is 41.8 Å². The number of nitrogens with zero attached hydrogens (tertiary/aromatic N) is 2. The van der Waals surface area contributed by atoms with Gasteiger partial charge in [0.05, 0.1) is 20.8 Å². The van der Waals surface area contributed by atoms with E-state index in [1.165, 1.54) is 19.2 Å². The summed E-state index contributed by atoms with van der Waals surface area (Å²) in [6.45, 7) is 1.04. The maximum absolute atomic E-state index is 15.4. The number of aromatic nitrogens is 2. The summed E-state index contributed by atoms with van der Waals surface area (Å²) < 4.78 is 39.8. The van der Waals surface area contributed by atoms with Crippen LogP contribution in [0.3, 0.4) is 0 Å². The van der Waals surface area contributed by atoms with Gasteiger partial charge in [-0.3, -0.25) is 9.36 Å². The number of aliphatic hydroxyl groups is 1. The monoisotopic (exact) mass is 589 g/mol. The highest BCUT2D eigenvalue weighted by Crippen LogP contribution is 2.43. The number of methoxy groups -OCH3 is 2. The largest absolute Gasteiger partial charge is 0.497 e. The van der Waals surface area contributed by atoms with Crippen LogP contribution >= 0.6 is 0 Å². The Labute approximate surface area is 247 Å². The summed E-state index contributed by atoms with van der Waals surface area (Å²) >= 11 is 0. The molecular weight excluding hydrogens is 557 g/mol. The number of benzene rings is 3. The molecule has 2 N–H and O–H groups in total. The van der Waals surface area contributed by atoms with E-state index in [0.717, 1.165) is 21.3 Å². The van der Waals surface area contributed by atoms with Crippen molar-refractivity contribution in [1.29, 1.82) is 0 Å². The number of carbonyl (C=O) groups excluding carboxylic acids is 1. The van der Waals surface area contributed by atoms with E-state index in [-0.39, 0.29) is 12.4 Å². The molecule has 2 heterocycles. The van der Waals surface area contributed by atoms with Gasteiger partial charge in [0.1, 0.15) is 35.1 Å². The Hall–Kier alpha value is -4.58. The van der Waals surface area contributed by atoms with E-state index in [9.17, 15) is 14.7 Å². The highest BCUT2D eigenvalue weighted by Gasteiger charge is 2.47. The summed E-state index contributed by atoms with van der Waals surface area (Å²) in [7, 11) is 3.16. The van der Waals surface area contributed by atoms with Crippen LogP contribution in [0.4, 0.5) is 10.2 Å². The minimum absolute atomic E-state index is 0.0224. The molecule has 1 aliphatic rings. The molecule has 10 nitrogen and oxygen atoms in total. The summed E-state index contributed by atoms with van der Waals surface area (Å²) in [6, 6.07) is 25.6. The van der Waals surface area contributed by atoms with Crippen molar-refractivity contribution in [2.45, 2.75) is 37.1 Å². The van der Waals surface area contributed by atoms with E-state index in [1.807, 2.05) is 78.9 Å². The maximum atomic E-state index is 15.4. The number of hydrogen-bond acceptors (Lipinski definition) is 8. The predicted molar refractivity (Wildman–Crippen MR) is 156 cm³/mol. The lowest BCUT2D eigenvalue weighted by Crippen LogP contribution is -2.39. The molecule has 1 saturated heterocycles. The smallest absolute Gasteiger partial charge is 0.351 e. The minimum atomic E-state index is -1.95. The van der Waals surface area contributed by atoms with E-state index >= 15 is 4.39 Å². The van der Waals surface area contributed by atoms with Crippen molar-refractivity contribution in [2.24, 2.45) is 0 Å². The molecule has 1 amide bonds. The maximum Gasteiger partial charge on any atom is 0.351 e. The SMILES string of the molecule is COc1ccc(C(OC[C@H]2O[C@@H](n3ccc(NC(C)=O)nc3=O)[C@@H](F)C2O)(c2ccccc2)c2ccc(OC)cc2)cc1. The van der Waals surface area contributed by atoms with E-state index in [4.69, 9.17) is 18.9 Å². The average Bonchev–Trinajstić information content (AvgIpc) is 3.31. The molecule has 0 bridgehead atoms. The Bertz CT molecular complexity index is 1550. The van der Waals surface area contributed by atoms with Gasteiger partial charge in [-0.2, -0.15) is 4.98 Å². The number of amides is 1. The molecule has 1 aromatic heterocycles. The van der Waals surface area contributed by atoms with Crippen LogP contribution in [0, 0.1) is 0 Å². The Morgan fingerprint density at radius 3 is 2.02 bits per heavy atom. The van der Waals surface area contributed by atoms with E-state index in [1.54, 1.807) is 14.2 Å². The molecule has 1 fully saturated rings. The molecule has 3 aromatic carbocycles. The molecule has 1 unspecified atom stereocenters. The van der Waals surface area contributed by atoms with Crippen molar-refractivity contribution >= 4 is 11.7 Å². The number of hydrogen-bond donors (Lipinski definition) is 2. The summed E-state index contributed by atoms with van der Waals surface area (Å²) in [5.74, 6) is 0.922. The van der Waals surface area contributed by atoms with Gasteiger partial charge < -0.3 is 29.4 Å². The molecule has 0 saturated carbocycles. The number of halogens is 1. The quantitative estimate of drug-likeness (QED) is 0.268. The highest BCUT2D eigenvalue weighted by molar-refractivity contribution is 5.87. The normalized spacial score (nSPS) is 20.0. The van der Waals surface area contributed by atoms with Crippen LogP contribution in [-0.4, -0.2) is 59.8 Å². The number of ether oxygens (including phenoxy) is 4. The zero-order valence-corrected chi connectivity index (χ0v) is 23.8. The van der Waals surface area contributed by atoms with Crippen LogP contribution in [0.1, 0.15) is 29.8 Å². The lowest BCUT2D eigenvalue weighted by atomic mass is 9.80. The van der Waals surface area contributed by atoms with Crippen LogP contribution in [0.5, 0.6) is 11.5 Å². The zero-order chi connectivity index (χ0) is 30.6. The third kappa shape index (κ3) is 6.00. The number of alkyl halides is 1. The van der Waals surface area contributed by atoms with Gasteiger partial charge >= 0.3 is 5.69 Å². The second-order valence-electron chi connectivity index (χ2n) is 10.00. The number of nitrogens with one attached hydrogen (secondary N) is 1. The molecule has 224 valence electrons. The molecule has 4 atom stereocenters. The fourth-order valence-corrected chi connectivity index (χ4v) is 5.20. The number of aliphatic hydroxyl groups excluding tert-OH is 1. The first-order chi connectivity index (χ1) is 20.8. The minimum Gasteiger partial charge on any atom is -0.497 e. The number of anilines is 1. The van der Waals surface area contributed by atoms with Gasteiger partial charge in [0, 0.05) is 13.1 Å². The van der Waals surface area contributed by atoms with Crippen molar-refractivity contribution in [3.8, 4) is 11.5 Å². The second-order valence-corrected chi connectivity index (χ2v) is 10.00. The van der Waals surface area contributed by atoms with Crippen molar-refractivity contribution in [3.05, 3.63) is 118 Å². The second kappa shape index (κ2) is 12.7. The van der Waals surface area contributed by atoms with Gasteiger partial charge in [-0.05, 0) is 47.0 Å². The Balaban J connectivity index is 1.51. The average molecular weight is 590 g/mol. The topological polar surface area (TPSA) is 121 Å². The summed E-state index contributed by atoms with van der Waals surface area (Å²) in [5, 5.41) is 13.3. The third-order valence-electron chi connectivity index (χ3n) is 7.34. The molecule has 1 aliphatic heterocycles. The molecule has 5 rings (SSSR count). The highest BCUT2D eigenvalue weighted by atomic mass is 19.1. The Kier molecular flexibility index (Phi) is 8.86. The summed E-state index contributed by atoms with van der Waals surface area (Å²) in [5.41, 5.74) is 0.215. The van der Waals surface area contributed by atoms with Gasteiger partial charge in [0.15, 0.2) is 12.4 Å². The standard InChI is InChI=1S/C32H32FN3O7/c1-20(37)34-27-17-18-36(31(39)35-27)30-28(33)29(38)26(43-30)19-42-32(21-7-5-4-6-8-21,22-9-13-24(40-2)14-10-22)23-11-15-25(41-3)16-12-23/h4-18,26,28-30,38H,19H2,1-3H3,(H,34,35,37,39)/t26-,28+,29?,30-/m1/s1. The van der Waals surface area contributed by atoms with Gasteiger partial charge in [0.2, 0.25) is 5.91 Å². The fraction of sp³-hybridized carbons (Fsp3) is 0.281. The van der Waals surface area contributed by atoms with Gasteiger partial charge in [0.25, 0.3) is 0 Å². The van der Waals surface area contributed by atoms with E-state index in [0.29, 0.717) is 11.5 Å².